The first kappa shape index (κ1) is 13.8. The lowest BCUT2D eigenvalue weighted by molar-refractivity contribution is 1.23. The lowest BCUT2D eigenvalue weighted by Gasteiger charge is -2.09. The molecule has 0 aliphatic carbocycles. The maximum Gasteiger partial charge on any atom is 0.225 e. The molecular weight excluding hydrogens is 358 g/mol. The molecule has 0 radical (unpaired) electrons. The van der Waals surface area contributed by atoms with Gasteiger partial charge in [-0.2, -0.15) is 4.98 Å². The van der Waals surface area contributed by atoms with E-state index in [1.807, 2.05) is 19.1 Å². The fourth-order valence-corrected chi connectivity index (χ4v) is 3.42. The van der Waals surface area contributed by atoms with E-state index in [4.69, 9.17) is 11.6 Å². The lowest BCUT2D eigenvalue weighted by Crippen LogP contribution is -1.97. The van der Waals surface area contributed by atoms with Gasteiger partial charge in [0.2, 0.25) is 5.28 Å². The van der Waals surface area contributed by atoms with Gasteiger partial charge in [-0.3, -0.25) is 0 Å². The quantitative estimate of drug-likeness (QED) is 0.610. The molecule has 0 fully saturated rings. The molecule has 0 aliphatic rings. The maximum atomic E-state index is 6.00. The van der Waals surface area contributed by atoms with Crippen LogP contribution >= 0.6 is 38.9 Å². The number of aromatic nitrogens is 2. The van der Waals surface area contributed by atoms with Crippen molar-refractivity contribution >= 4 is 60.6 Å². The third kappa shape index (κ3) is 2.66. The zero-order chi connectivity index (χ0) is 14.3. The van der Waals surface area contributed by atoms with Gasteiger partial charge < -0.3 is 5.32 Å². The second kappa shape index (κ2) is 5.31. The van der Waals surface area contributed by atoms with Crippen LogP contribution in [-0.2, 0) is 0 Å². The van der Waals surface area contributed by atoms with Crippen molar-refractivity contribution in [2.24, 2.45) is 0 Å². The van der Waals surface area contributed by atoms with Crippen LogP contribution in [0.5, 0.6) is 0 Å². The molecule has 20 heavy (non-hydrogen) atoms. The Bertz CT molecular complexity index is 800. The highest BCUT2D eigenvalue weighted by atomic mass is 79.9. The van der Waals surface area contributed by atoms with Gasteiger partial charge in [0.1, 0.15) is 10.6 Å². The van der Waals surface area contributed by atoms with Crippen LogP contribution in [0.4, 0.5) is 11.5 Å². The summed E-state index contributed by atoms with van der Waals surface area (Å²) in [6.07, 6.45) is 0. The van der Waals surface area contributed by atoms with Crippen molar-refractivity contribution in [3.05, 3.63) is 44.5 Å². The molecule has 6 heteroatoms. The molecule has 0 saturated heterocycles. The average Bonchev–Trinajstić information content (AvgIpc) is 2.74. The van der Waals surface area contributed by atoms with E-state index in [-0.39, 0.29) is 5.28 Å². The predicted octanol–water partition coefficient (Wildman–Crippen LogP) is 5.47. The number of halogens is 2. The molecule has 1 aromatic carbocycles. The summed E-state index contributed by atoms with van der Waals surface area (Å²) in [5.74, 6) is 0.732. The van der Waals surface area contributed by atoms with E-state index in [1.165, 1.54) is 10.4 Å². The number of rotatable bonds is 2. The third-order valence-corrected chi connectivity index (χ3v) is 4.67. The third-order valence-electron chi connectivity index (χ3n) is 2.86. The molecule has 2 heterocycles. The number of benzene rings is 1. The number of anilines is 2. The van der Waals surface area contributed by atoms with Crippen LogP contribution in [0.2, 0.25) is 5.28 Å². The van der Waals surface area contributed by atoms with Gasteiger partial charge >= 0.3 is 0 Å². The van der Waals surface area contributed by atoms with Crippen molar-refractivity contribution in [2.45, 2.75) is 13.8 Å². The molecule has 0 aliphatic heterocycles. The van der Waals surface area contributed by atoms with Crippen LogP contribution in [0.3, 0.4) is 0 Å². The number of nitrogens with zero attached hydrogens (tertiary/aromatic N) is 2. The topological polar surface area (TPSA) is 37.8 Å². The Morgan fingerprint density at radius 3 is 2.80 bits per heavy atom. The summed E-state index contributed by atoms with van der Waals surface area (Å²) in [6, 6.07) is 8.19. The van der Waals surface area contributed by atoms with E-state index >= 15 is 0 Å². The van der Waals surface area contributed by atoms with E-state index in [0.717, 1.165) is 26.2 Å². The Kier molecular flexibility index (Phi) is 3.67. The van der Waals surface area contributed by atoms with Gasteiger partial charge in [-0.15, -0.1) is 11.3 Å². The van der Waals surface area contributed by atoms with Crippen LogP contribution in [0.25, 0.3) is 10.2 Å². The molecule has 0 spiro atoms. The SMILES string of the molecule is Cc1ccc(Br)c(Nc2nc(Cl)nc3sc(C)cc23)c1. The number of thiophene rings is 1. The minimum atomic E-state index is 0.255. The van der Waals surface area contributed by atoms with Crippen LogP contribution in [0.15, 0.2) is 28.7 Å². The molecule has 0 amide bonds. The summed E-state index contributed by atoms with van der Waals surface area (Å²) in [5.41, 5.74) is 2.14. The summed E-state index contributed by atoms with van der Waals surface area (Å²) in [4.78, 5) is 10.6. The Morgan fingerprint density at radius 2 is 2.00 bits per heavy atom. The summed E-state index contributed by atoms with van der Waals surface area (Å²) >= 11 is 11.2. The van der Waals surface area contributed by atoms with Gasteiger partial charge in [-0.05, 0) is 65.1 Å². The first-order chi connectivity index (χ1) is 9.52. The number of nitrogens with one attached hydrogen (secondary N) is 1. The highest BCUT2D eigenvalue weighted by Crippen LogP contribution is 2.33. The second-order valence-electron chi connectivity index (χ2n) is 4.53. The van der Waals surface area contributed by atoms with Crippen LogP contribution in [0.1, 0.15) is 10.4 Å². The Labute approximate surface area is 134 Å². The molecule has 2 aromatic heterocycles. The first-order valence-corrected chi connectivity index (χ1v) is 7.98. The molecule has 0 atom stereocenters. The van der Waals surface area contributed by atoms with Crippen molar-refractivity contribution in [2.75, 3.05) is 5.32 Å². The fourth-order valence-electron chi connectivity index (χ4n) is 1.97. The molecule has 0 bridgehead atoms. The van der Waals surface area contributed by atoms with Crippen LogP contribution in [-0.4, -0.2) is 9.97 Å². The Balaban J connectivity index is 2.12. The number of fused-ring (bicyclic) bond motifs is 1. The molecule has 3 rings (SSSR count). The van der Waals surface area contributed by atoms with Gasteiger partial charge in [-0.25, -0.2) is 4.98 Å². The molecule has 0 unspecified atom stereocenters. The maximum absolute atomic E-state index is 6.00. The summed E-state index contributed by atoms with van der Waals surface area (Å²) in [7, 11) is 0. The number of hydrogen-bond acceptors (Lipinski definition) is 4. The van der Waals surface area contributed by atoms with Crippen LogP contribution in [0, 0.1) is 13.8 Å². The number of hydrogen-bond donors (Lipinski definition) is 1. The van der Waals surface area contributed by atoms with Gasteiger partial charge in [0.05, 0.1) is 11.1 Å². The van der Waals surface area contributed by atoms with E-state index in [9.17, 15) is 0 Å². The monoisotopic (exact) mass is 367 g/mol. The van der Waals surface area contributed by atoms with E-state index in [2.05, 4.69) is 50.3 Å². The van der Waals surface area contributed by atoms with Gasteiger partial charge in [0.25, 0.3) is 0 Å². The minimum Gasteiger partial charge on any atom is -0.339 e. The largest absolute Gasteiger partial charge is 0.339 e. The Morgan fingerprint density at radius 1 is 1.20 bits per heavy atom. The van der Waals surface area contributed by atoms with Crippen molar-refractivity contribution < 1.29 is 0 Å². The van der Waals surface area contributed by atoms with Crippen LogP contribution < -0.4 is 5.32 Å². The Hall–Kier alpha value is -1.17. The molecule has 3 nitrogen and oxygen atoms in total. The van der Waals surface area contributed by atoms with Crippen molar-refractivity contribution in [3.8, 4) is 0 Å². The summed E-state index contributed by atoms with van der Waals surface area (Å²) in [6.45, 7) is 4.10. The highest BCUT2D eigenvalue weighted by molar-refractivity contribution is 9.10. The van der Waals surface area contributed by atoms with Gasteiger partial charge in [-0.1, -0.05) is 6.07 Å². The predicted molar refractivity (Wildman–Crippen MR) is 89.3 cm³/mol. The minimum absolute atomic E-state index is 0.255. The normalized spacial score (nSPS) is 11.0. The smallest absolute Gasteiger partial charge is 0.225 e. The van der Waals surface area contributed by atoms with Crippen molar-refractivity contribution in [1.29, 1.82) is 0 Å². The molecule has 0 saturated carbocycles. The molecule has 1 N–H and O–H groups in total. The summed E-state index contributed by atoms with van der Waals surface area (Å²) < 4.78 is 0.984. The first-order valence-electron chi connectivity index (χ1n) is 6.00. The molecular formula is C14H11BrClN3S. The molecule has 102 valence electrons. The standard InChI is InChI=1S/C14H11BrClN3S/c1-7-3-4-10(15)11(5-7)17-12-9-6-8(2)20-13(9)19-14(16)18-12/h3-6H,1-2H3,(H,17,18,19). The van der Waals surface area contributed by atoms with Crippen molar-refractivity contribution in [3.63, 3.8) is 0 Å². The zero-order valence-electron chi connectivity index (χ0n) is 10.9. The van der Waals surface area contributed by atoms with E-state index < -0.39 is 0 Å². The fraction of sp³-hybridized carbons (Fsp3) is 0.143. The number of aryl methyl sites for hydroxylation is 2. The van der Waals surface area contributed by atoms with Crippen molar-refractivity contribution in [1.82, 2.24) is 9.97 Å². The van der Waals surface area contributed by atoms with E-state index in [1.54, 1.807) is 11.3 Å². The van der Waals surface area contributed by atoms with Gasteiger partial charge in [0.15, 0.2) is 0 Å². The second-order valence-corrected chi connectivity index (χ2v) is 6.95. The van der Waals surface area contributed by atoms with E-state index in [0.29, 0.717) is 0 Å². The van der Waals surface area contributed by atoms with Gasteiger partial charge in [0, 0.05) is 9.35 Å². The average molecular weight is 369 g/mol. The summed E-state index contributed by atoms with van der Waals surface area (Å²) in [5, 5.41) is 4.58. The zero-order valence-corrected chi connectivity index (χ0v) is 14.0. The lowest BCUT2D eigenvalue weighted by atomic mass is 10.2. The highest BCUT2D eigenvalue weighted by Gasteiger charge is 2.11. The molecule has 3 aromatic rings.